The summed E-state index contributed by atoms with van der Waals surface area (Å²) in [5.41, 5.74) is 3.84. The molecule has 3 rings (SSSR count). The van der Waals surface area contributed by atoms with Crippen LogP contribution in [-0.4, -0.2) is 4.57 Å². The van der Waals surface area contributed by atoms with E-state index in [1.54, 1.807) is 6.08 Å². The first-order valence-corrected chi connectivity index (χ1v) is 6.32. The molecule has 0 amide bonds. The van der Waals surface area contributed by atoms with E-state index in [1.165, 1.54) is 22.0 Å². The van der Waals surface area contributed by atoms with Gasteiger partial charge in [-0.1, -0.05) is 29.8 Å². The van der Waals surface area contributed by atoms with Crippen molar-refractivity contribution in [3.05, 3.63) is 59.6 Å². The summed E-state index contributed by atoms with van der Waals surface area (Å²) in [6.07, 6.45) is 7.07. The smallest absolute Gasteiger partial charge is 0.100 e. The molecule has 2 aromatic rings. The van der Waals surface area contributed by atoms with Crippen molar-refractivity contribution in [2.24, 2.45) is 0 Å². The molecule has 0 radical (unpaired) electrons. The van der Waals surface area contributed by atoms with Crippen molar-refractivity contribution < 1.29 is 4.39 Å². The van der Waals surface area contributed by atoms with Crippen molar-refractivity contribution in [3.63, 3.8) is 0 Å². The number of nitrogens with zero attached hydrogens (tertiary/aromatic N) is 1. The van der Waals surface area contributed by atoms with E-state index in [4.69, 9.17) is 0 Å². The van der Waals surface area contributed by atoms with Crippen LogP contribution in [0.25, 0.3) is 10.9 Å². The van der Waals surface area contributed by atoms with Crippen molar-refractivity contribution in [2.45, 2.75) is 26.3 Å². The Hall–Kier alpha value is -1.83. The Kier molecular flexibility index (Phi) is 2.78. The van der Waals surface area contributed by atoms with Crippen LogP contribution in [0.4, 0.5) is 4.39 Å². The van der Waals surface area contributed by atoms with E-state index in [0.29, 0.717) is 6.42 Å². The second-order valence-electron chi connectivity index (χ2n) is 4.90. The SMILES string of the molecule is Cc1cn(CC2=CC=C(F)CC2)c2ccccc12. The van der Waals surface area contributed by atoms with Gasteiger partial charge in [0.2, 0.25) is 0 Å². The van der Waals surface area contributed by atoms with Crippen molar-refractivity contribution in [1.82, 2.24) is 4.57 Å². The summed E-state index contributed by atoms with van der Waals surface area (Å²) in [7, 11) is 0. The maximum atomic E-state index is 13.0. The van der Waals surface area contributed by atoms with E-state index < -0.39 is 0 Å². The number of halogens is 1. The van der Waals surface area contributed by atoms with Gasteiger partial charge in [-0.25, -0.2) is 4.39 Å². The van der Waals surface area contributed by atoms with E-state index in [-0.39, 0.29) is 5.83 Å². The second kappa shape index (κ2) is 4.45. The number of aromatic nitrogens is 1. The molecule has 18 heavy (non-hydrogen) atoms. The predicted octanol–water partition coefficient (Wildman–Crippen LogP) is 4.52. The van der Waals surface area contributed by atoms with Crippen molar-refractivity contribution in [1.29, 1.82) is 0 Å². The molecule has 92 valence electrons. The molecule has 0 saturated heterocycles. The van der Waals surface area contributed by atoms with Gasteiger partial charge in [-0.2, -0.15) is 0 Å². The Balaban J connectivity index is 1.96. The van der Waals surface area contributed by atoms with Gasteiger partial charge in [-0.15, -0.1) is 0 Å². The fourth-order valence-corrected chi connectivity index (χ4v) is 2.57. The van der Waals surface area contributed by atoms with Gasteiger partial charge in [-0.05, 0) is 31.1 Å². The molecule has 0 unspecified atom stereocenters. The van der Waals surface area contributed by atoms with Crippen LogP contribution in [0, 0.1) is 6.92 Å². The molecule has 1 nitrogen and oxygen atoms in total. The van der Waals surface area contributed by atoms with Crippen LogP contribution in [-0.2, 0) is 6.54 Å². The summed E-state index contributed by atoms with van der Waals surface area (Å²) < 4.78 is 15.2. The van der Waals surface area contributed by atoms with Crippen molar-refractivity contribution in [3.8, 4) is 0 Å². The average molecular weight is 241 g/mol. The standard InChI is InChI=1S/C16H16FN/c1-12-10-18(16-5-3-2-4-15(12)16)11-13-6-8-14(17)9-7-13/h2-6,8,10H,7,9,11H2,1H3. The molecule has 0 bridgehead atoms. The zero-order chi connectivity index (χ0) is 12.5. The molecule has 1 aromatic heterocycles. The highest BCUT2D eigenvalue weighted by molar-refractivity contribution is 5.83. The van der Waals surface area contributed by atoms with Gasteiger partial charge in [0.1, 0.15) is 5.83 Å². The Labute approximate surface area is 106 Å². The lowest BCUT2D eigenvalue weighted by molar-refractivity contribution is 0.574. The Morgan fingerprint density at radius 3 is 2.78 bits per heavy atom. The number of hydrogen-bond donors (Lipinski definition) is 0. The quantitative estimate of drug-likeness (QED) is 0.728. The highest BCUT2D eigenvalue weighted by Gasteiger charge is 2.09. The van der Waals surface area contributed by atoms with Gasteiger partial charge >= 0.3 is 0 Å². The third kappa shape index (κ3) is 1.99. The number of allylic oxidation sites excluding steroid dienone is 4. The van der Waals surface area contributed by atoms with E-state index in [9.17, 15) is 4.39 Å². The van der Waals surface area contributed by atoms with Crippen LogP contribution in [0.2, 0.25) is 0 Å². The van der Waals surface area contributed by atoms with E-state index in [1.807, 2.05) is 6.08 Å². The zero-order valence-electron chi connectivity index (χ0n) is 10.5. The van der Waals surface area contributed by atoms with E-state index in [2.05, 4.69) is 42.0 Å². The lowest BCUT2D eigenvalue weighted by Gasteiger charge is -2.12. The second-order valence-corrected chi connectivity index (χ2v) is 4.90. The molecular formula is C16H16FN. The first kappa shape index (κ1) is 11.3. The minimum absolute atomic E-state index is 0.00713. The number of para-hydroxylation sites is 1. The molecular weight excluding hydrogens is 225 g/mol. The van der Waals surface area contributed by atoms with Gasteiger partial charge in [0.15, 0.2) is 0 Å². The van der Waals surface area contributed by atoms with E-state index >= 15 is 0 Å². The molecule has 2 heteroatoms. The van der Waals surface area contributed by atoms with E-state index in [0.717, 1.165) is 13.0 Å². The summed E-state index contributed by atoms with van der Waals surface area (Å²) in [5, 5.41) is 1.30. The summed E-state index contributed by atoms with van der Waals surface area (Å²) in [6, 6.07) is 8.42. The van der Waals surface area contributed by atoms with Crippen LogP contribution >= 0.6 is 0 Å². The average Bonchev–Trinajstić information content (AvgIpc) is 2.70. The zero-order valence-corrected chi connectivity index (χ0v) is 10.5. The van der Waals surface area contributed by atoms with Gasteiger partial charge in [0.25, 0.3) is 0 Å². The minimum atomic E-state index is -0.00713. The third-order valence-corrected chi connectivity index (χ3v) is 3.55. The molecule has 1 heterocycles. The molecule has 0 saturated carbocycles. The highest BCUT2D eigenvalue weighted by Crippen LogP contribution is 2.25. The maximum absolute atomic E-state index is 13.0. The topological polar surface area (TPSA) is 4.93 Å². The van der Waals surface area contributed by atoms with Crippen LogP contribution in [0.15, 0.2) is 54.0 Å². The summed E-state index contributed by atoms with van der Waals surface area (Å²) in [5.74, 6) is -0.00713. The van der Waals surface area contributed by atoms with Gasteiger partial charge in [0, 0.05) is 30.1 Å². The fourth-order valence-electron chi connectivity index (χ4n) is 2.57. The van der Waals surface area contributed by atoms with Crippen LogP contribution in [0.5, 0.6) is 0 Å². The Morgan fingerprint density at radius 1 is 1.17 bits per heavy atom. The highest BCUT2D eigenvalue weighted by atomic mass is 19.1. The Bertz CT molecular complexity index is 646. The number of fused-ring (bicyclic) bond motifs is 1. The lowest BCUT2D eigenvalue weighted by atomic mass is 10.0. The number of benzene rings is 1. The molecule has 0 N–H and O–H groups in total. The molecule has 0 fully saturated rings. The molecule has 1 aliphatic rings. The van der Waals surface area contributed by atoms with Gasteiger partial charge in [0.05, 0.1) is 0 Å². The van der Waals surface area contributed by atoms with Crippen LogP contribution in [0.3, 0.4) is 0 Å². The number of aryl methyl sites for hydroxylation is 1. The summed E-state index contributed by atoms with van der Waals surface area (Å²) in [4.78, 5) is 0. The first-order chi connectivity index (χ1) is 8.74. The molecule has 0 atom stereocenters. The number of rotatable bonds is 2. The number of hydrogen-bond acceptors (Lipinski definition) is 0. The largest absolute Gasteiger partial charge is 0.343 e. The van der Waals surface area contributed by atoms with Gasteiger partial charge < -0.3 is 4.57 Å². The minimum Gasteiger partial charge on any atom is -0.343 e. The van der Waals surface area contributed by atoms with Crippen molar-refractivity contribution >= 4 is 10.9 Å². The fraction of sp³-hybridized carbons (Fsp3) is 0.250. The summed E-state index contributed by atoms with van der Waals surface area (Å²) in [6.45, 7) is 2.99. The van der Waals surface area contributed by atoms with Crippen LogP contribution in [0.1, 0.15) is 18.4 Å². The summed E-state index contributed by atoms with van der Waals surface area (Å²) >= 11 is 0. The molecule has 0 spiro atoms. The molecule has 1 aromatic carbocycles. The van der Waals surface area contributed by atoms with Gasteiger partial charge in [-0.3, -0.25) is 0 Å². The third-order valence-electron chi connectivity index (χ3n) is 3.55. The predicted molar refractivity (Wildman–Crippen MR) is 73.2 cm³/mol. The molecule has 0 aliphatic heterocycles. The monoisotopic (exact) mass is 241 g/mol. The normalized spacial score (nSPS) is 15.7. The Morgan fingerprint density at radius 2 is 2.00 bits per heavy atom. The van der Waals surface area contributed by atoms with Crippen LogP contribution < -0.4 is 0 Å². The molecule has 1 aliphatic carbocycles. The first-order valence-electron chi connectivity index (χ1n) is 6.32. The van der Waals surface area contributed by atoms with Crippen molar-refractivity contribution in [2.75, 3.05) is 0 Å². The maximum Gasteiger partial charge on any atom is 0.100 e. The lowest BCUT2D eigenvalue weighted by Crippen LogP contribution is -2.01.